The van der Waals surface area contributed by atoms with Crippen molar-refractivity contribution >= 4 is 18.1 Å². The Morgan fingerprint density at radius 1 is 1.24 bits per heavy atom. The lowest BCUT2D eigenvalue weighted by Crippen LogP contribution is -2.40. The predicted molar refractivity (Wildman–Crippen MR) is 106 cm³/mol. The zero-order valence-electron chi connectivity index (χ0n) is 16.0. The zero-order chi connectivity index (χ0) is 20.1. The Labute approximate surface area is 168 Å². The first-order valence-electron chi connectivity index (χ1n) is 9.35. The van der Waals surface area contributed by atoms with Crippen LogP contribution in [-0.2, 0) is 35.8 Å². The van der Waals surface area contributed by atoms with Crippen molar-refractivity contribution in [2.45, 2.75) is 25.2 Å². The minimum atomic E-state index is -0.619. The number of aliphatic imine (C=N–C) groups is 1. The van der Waals surface area contributed by atoms with Crippen LogP contribution in [0.1, 0.15) is 23.6 Å². The molecule has 2 aromatic carbocycles. The highest BCUT2D eigenvalue weighted by Gasteiger charge is 2.32. The number of amidine groups is 1. The molecule has 2 aliphatic heterocycles. The average molecular weight is 394 g/mol. The van der Waals surface area contributed by atoms with E-state index in [1.54, 1.807) is 6.26 Å². The van der Waals surface area contributed by atoms with Crippen LogP contribution in [0.5, 0.6) is 0 Å². The van der Waals surface area contributed by atoms with Gasteiger partial charge in [0.05, 0.1) is 6.61 Å². The van der Waals surface area contributed by atoms with Gasteiger partial charge in [-0.15, -0.1) is 0 Å². The smallest absolute Gasteiger partial charge is 0.320 e. The molecule has 0 bridgehead atoms. The Kier molecular flexibility index (Phi) is 5.48. The number of nitrogens with one attached hydrogen (secondary N) is 1. The van der Waals surface area contributed by atoms with Gasteiger partial charge in [0.15, 0.2) is 11.6 Å². The molecule has 0 radical (unpaired) electrons. The predicted octanol–water partition coefficient (Wildman–Crippen LogP) is 2.92. The molecule has 0 amide bonds. The summed E-state index contributed by atoms with van der Waals surface area (Å²) in [6, 6.07) is 18.0. The topological polar surface area (TPSA) is 78.4 Å². The summed E-state index contributed by atoms with van der Waals surface area (Å²) < 4.78 is 17.3. The molecule has 0 aromatic heterocycles. The minimum Gasteiger partial charge on any atom is -0.458 e. The number of nitrogens with zero attached hydrogens (tertiary/aromatic N) is 1. The maximum absolute atomic E-state index is 10.4. The van der Waals surface area contributed by atoms with Crippen LogP contribution in [0.3, 0.4) is 0 Å². The average Bonchev–Trinajstić information content (AvgIpc) is 3.22. The first kappa shape index (κ1) is 19.0. The maximum Gasteiger partial charge on any atom is 0.320 e. The van der Waals surface area contributed by atoms with Crippen molar-refractivity contribution in [1.29, 1.82) is 0 Å². The molecule has 2 atom stereocenters. The Morgan fingerprint density at radius 2 is 2.10 bits per heavy atom. The highest BCUT2D eigenvalue weighted by Crippen LogP contribution is 2.32. The second kappa shape index (κ2) is 8.36. The molecule has 150 valence electrons. The second-order valence-corrected chi connectivity index (χ2v) is 7.08. The molecule has 29 heavy (non-hydrogen) atoms. The molecule has 0 saturated heterocycles. The quantitative estimate of drug-likeness (QED) is 0.600. The summed E-state index contributed by atoms with van der Waals surface area (Å²) in [5.74, 6) is 1.14. The monoisotopic (exact) mass is 394 g/mol. The lowest BCUT2D eigenvalue weighted by Gasteiger charge is -2.31. The normalized spacial score (nSPS) is 23.3. The van der Waals surface area contributed by atoms with Crippen molar-refractivity contribution in [2.24, 2.45) is 4.99 Å². The standard InChI is InChI=1S/C22H22N2O5/c1-22(14-26-13-20(23-22)24-28-15-25)18-9-5-8-17(11-18)19-12-27-21(29-19)10-16-6-3-2-4-7-16/h2-9,11-12,15,21H,10,13-14H2,1H3,(H,23,24). The fourth-order valence-electron chi connectivity index (χ4n) is 3.38. The summed E-state index contributed by atoms with van der Waals surface area (Å²) in [5.41, 5.74) is 4.89. The van der Waals surface area contributed by atoms with Gasteiger partial charge in [0, 0.05) is 12.0 Å². The molecule has 2 heterocycles. The summed E-state index contributed by atoms with van der Waals surface area (Å²) in [4.78, 5) is 19.6. The van der Waals surface area contributed by atoms with E-state index < -0.39 is 5.54 Å². The van der Waals surface area contributed by atoms with E-state index in [2.05, 4.69) is 15.3 Å². The van der Waals surface area contributed by atoms with Gasteiger partial charge in [-0.2, -0.15) is 0 Å². The van der Waals surface area contributed by atoms with Crippen LogP contribution in [0, 0.1) is 0 Å². The minimum absolute atomic E-state index is 0.256. The van der Waals surface area contributed by atoms with Crippen LogP contribution < -0.4 is 5.48 Å². The first-order chi connectivity index (χ1) is 14.2. The van der Waals surface area contributed by atoms with Crippen molar-refractivity contribution in [1.82, 2.24) is 5.48 Å². The number of benzene rings is 2. The molecule has 0 aliphatic carbocycles. The van der Waals surface area contributed by atoms with Crippen LogP contribution in [-0.4, -0.2) is 31.8 Å². The van der Waals surface area contributed by atoms with Crippen LogP contribution in [0.15, 0.2) is 65.9 Å². The molecule has 7 nitrogen and oxygen atoms in total. The molecule has 0 fully saturated rings. The van der Waals surface area contributed by atoms with E-state index in [0.29, 0.717) is 31.1 Å². The van der Waals surface area contributed by atoms with Gasteiger partial charge in [0.25, 0.3) is 0 Å². The van der Waals surface area contributed by atoms with Crippen LogP contribution >= 0.6 is 0 Å². The van der Waals surface area contributed by atoms with Crippen molar-refractivity contribution in [3.8, 4) is 0 Å². The molecule has 0 spiro atoms. The summed E-state index contributed by atoms with van der Waals surface area (Å²) in [7, 11) is 0. The molecule has 2 aromatic rings. The molecular formula is C22H22N2O5. The fourth-order valence-corrected chi connectivity index (χ4v) is 3.38. The van der Waals surface area contributed by atoms with Gasteiger partial charge in [-0.05, 0) is 24.1 Å². The molecule has 4 rings (SSSR count). The number of hydrogen-bond donors (Lipinski definition) is 1. The molecule has 2 aliphatic rings. The second-order valence-electron chi connectivity index (χ2n) is 7.08. The zero-order valence-corrected chi connectivity index (χ0v) is 16.0. The van der Waals surface area contributed by atoms with E-state index in [0.717, 1.165) is 16.7 Å². The van der Waals surface area contributed by atoms with E-state index in [-0.39, 0.29) is 12.9 Å². The largest absolute Gasteiger partial charge is 0.458 e. The lowest BCUT2D eigenvalue weighted by molar-refractivity contribution is -0.132. The van der Waals surface area contributed by atoms with E-state index in [1.165, 1.54) is 0 Å². The number of hydrogen-bond acceptors (Lipinski definition) is 7. The van der Waals surface area contributed by atoms with Crippen LogP contribution in [0.2, 0.25) is 0 Å². The van der Waals surface area contributed by atoms with E-state index in [1.807, 2.05) is 61.5 Å². The third-order valence-electron chi connectivity index (χ3n) is 4.83. The maximum atomic E-state index is 10.4. The first-order valence-corrected chi connectivity index (χ1v) is 9.35. The third kappa shape index (κ3) is 4.41. The summed E-state index contributed by atoms with van der Waals surface area (Å²) in [6.45, 7) is 2.94. The number of ether oxygens (including phenoxy) is 3. The van der Waals surface area contributed by atoms with Crippen molar-refractivity contribution in [3.63, 3.8) is 0 Å². The molecule has 0 saturated carbocycles. The number of hydroxylamine groups is 1. The van der Waals surface area contributed by atoms with Crippen LogP contribution in [0.4, 0.5) is 0 Å². The van der Waals surface area contributed by atoms with Crippen molar-refractivity contribution in [2.75, 3.05) is 13.2 Å². The lowest BCUT2D eigenvalue weighted by atomic mass is 9.91. The summed E-state index contributed by atoms with van der Waals surface area (Å²) in [5, 5.41) is 0. The third-order valence-corrected chi connectivity index (χ3v) is 4.83. The number of rotatable bonds is 6. The number of carbonyl (C=O) groups is 1. The highest BCUT2D eigenvalue weighted by atomic mass is 16.7. The summed E-state index contributed by atoms with van der Waals surface area (Å²) in [6.07, 6.45) is 1.97. The molecule has 7 heteroatoms. The SMILES string of the molecule is CC1(c2cccc(C3=COC(Cc4ccccc4)O3)c2)COCC(NOC=O)=N1. The van der Waals surface area contributed by atoms with E-state index >= 15 is 0 Å². The van der Waals surface area contributed by atoms with Crippen molar-refractivity contribution < 1.29 is 23.8 Å². The van der Waals surface area contributed by atoms with E-state index in [9.17, 15) is 4.79 Å². The molecule has 1 N–H and O–H groups in total. The number of carbonyl (C=O) groups excluding carboxylic acids is 1. The van der Waals surface area contributed by atoms with Gasteiger partial charge < -0.3 is 19.0 Å². The van der Waals surface area contributed by atoms with E-state index in [4.69, 9.17) is 14.2 Å². The fraction of sp³-hybridized carbons (Fsp3) is 0.273. The molecular weight excluding hydrogens is 372 g/mol. The van der Waals surface area contributed by atoms with Gasteiger partial charge >= 0.3 is 6.47 Å². The highest BCUT2D eigenvalue weighted by molar-refractivity contribution is 5.84. The Bertz CT molecular complexity index is 928. The summed E-state index contributed by atoms with van der Waals surface area (Å²) >= 11 is 0. The van der Waals surface area contributed by atoms with Gasteiger partial charge in [-0.1, -0.05) is 48.5 Å². The Morgan fingerprint density at radius 3 is 2.93 bits per heavy atom. The Hall–Kier alpha value is -3.32. The van der Waals surface area contributed by atoms with Gasteiger partial charge in [0.2, 0.25) is 6.29 Å². The van der Waals surface area contributed by atoms with Gasteiger partial charge in [-0.25, -0.2) is 5.48 Å². The Balaban J connectivity index is 1.48. The molecule has 2 unspecified atom stereocenters. The van der Waals surface area contributed by atoms with Crippen LogP contribution in [0.25, 0.3) is 5.76 Å². The van der Waals surface area contributed by atoms with Crippen molar-refractivity contribution in [3.05, 3.63) is 77.5 Å². The van der Waals surface area contributed by atoms with Gasteiger partial charge in [-0.3, -0.25) is 9.79 Å². The van der Waals surface area contributed by atoms with Gasteiger partial charge in [0.1, 0.15) is 18.4 Å².